The maximum atomic E-state index is 12.5. The summed E-state index contributed by atoms with van der Waals surface area (Å²) >= 11 is 7.74. The van der Waals surface area contributed by atoms with Crippen LogP contribution in [0.2, 0.25) is 5.02 Å². The Balaban J connectivity index is 1.59. The number of morpholine rings is 1. The highest BCUT2D eigenvalue weighted by Crippen LogP contribution is 2.19. The lowest BCUT2D eigenvalue weighted by molar-refractivity contribution is 0.0341. The first-order chi connectivity index (χ1) is 11.6. The fourth-order valence-electron chi connectivity index (χ4n) is 2.60. The Morgan fingerprint density at radius 2 is 2.12 bits per heavy atom. The summed E-state index contributed by atoms with van der Waals surface area (Å²) in [7, 11) is 1.77. The largest absolute Gasteiger partial charge is 0.379 e. The van der Waals surface area contributed by atoms with Gasteiger partial charge < -0.3 is 9.64 Å². The summed E-state index contributed by atoms with van der Waals surface area (Å²) in [5.41, 5.74) is 1.43. The Bertz CT molecular complexity index is 701. The van der Waals surface area contributed by atoms with Gasteiger partial charge >= 0.3 is 0 Å². The van der Waals surface area contributed by atoms with E-state index >= 15 is 0 Å². The number of ether oxygens (including phenoxy) is 1. The van der Waals surface area contributed by atoms with Crippen molar-refractivity contribution >= 4 is 28.8 Å². The second-order valence-electron chi connectivity index (χ2n) is 5.76. The fraction of sp³-hybridized carbons (Fsp3) is 0.412. The molecule has 2 heterocycles. The molecular formula is C17H20ClN3O2S. The maximum Gasteiger partial charge on any atom is 0.255 e. The van der Waals surface area contributed by atoms with Crippen LogP contribution in [0, 0.1) is 0 Å². The predicted molar refractivity (Wildman–Crippen MR) is 95.5 cm³/mol. The molecule has 128 valence electrons. The highest BCUT2D eigenvalue weighted by molar-refractivity contribution is 7.09. The van der Waals surface area contributed by atoms with Crippen molar-refractivity contribution in [3.63, 3.8) is 0 Å². The van der Waals surface area contributed by atoms with Gasteiger partial charge in [-0.25, -0.2) is 4.98 Å². The van der Waals surface area contributed by atoms with Gasteiger partial charge in [-0.1, -0.05) is 23.7 Å². The van der Waals surface area contributed by atoms with Gasteiger partial charge in [0.05, 0.1) is 42.6 Å². The molecule has 2 aromatic rings. The smallest absolute Gasteiger partial charge is 0.255 e. The second-order valence-corrected chi connectivity index (χ2v) is 7.11. The molecule has 0 N–H and O–H groups in total. The Hall–Kier alpha value is -1.47. The fourth-order valence-corrected chi connectivity index (χ4v) is 3.64. The lowest BCUT2D eigenvalue weighted by atomic mass is 10.2. The topological polar surface area (TPSA) is 45.7 Å². The van der Waals surface area contributed by atoms with Gasteiger partial charge in [0.15, 0.2) is 0 Å². The summed E-state index contributed by atoms with van der Waals surface area (Å²) in [6.07, 6.45) is 0. The number of hydrogen-bond acceptors (Lipinski definition) is 5. The first-order valence-corrected chi connectivity index (χ1v) is 9.12. The number of aromatic nitrogens is 1. The second kappa shape index (κ2) is 8.07. The van der Waals surface area contributed by atoms with E-state index in [0.717, 1.165) is 43.5 Å². The zero-order chi connectivity index (χ0) is 16.9. The summed E-state index contributed by atoms with van der Waals surface area (Å²) in [6, 6.07) is 7.10. The minimum atomic E-state index is -0.0941. The monoisotopic (exact) mass is 365 g/mol. The highest BCUT2D eigenvalue weighted by atomic mass is 35.5. The van der Waals surface area contributed by atoms with E-state index in [9.17, 15) is 4.79 Å². The standard InChI is InChI=1S/C17H20ClN3O2S/c1-20(17(22)14-4-2-3-5-15(14)18)10-13-12-24-16(19-13)11-21-6-8-23-9-7-21/h2-5,12H,6-11H2,1H3. The minimum Gasteiger partial charge on any atom is -0.379 e. The third-order valence-corrected chi connectivity index (χ3v) is 5.12. The Labute approximate surface area is 150 Å². The first-order valence-electron chi connectivity index (χ1n) is 7.87. The number of carbonyl (C=O) groups excluding carboxylic acids is 1. The predicted octanol–water partition coefficient (Wildman–Crippen LogP) is 2.90. The number of benzene rings is 1. The molecule has 7 heteroatoms. The molecule has 3 rings (SSSR count). The van der Waals surface area contributed by atoms with Gasteiger partial charge in [-0.15, -0.1) is 11.3 Å². The van der Waals surface area contributed by atoms with Crippen molar-refractivity contribution in [1.82, 2.24) is 14.8 Å². The SMILES string of the molecule is CN(Cc1csc(CN2CCOCC2)n1)C(=O)c1ccccc1Cl. The van der Waals surface area contributed by atoms with Crippen LogP contribution in [0.25, 0.3) is 0 Å². The van der Waals surface area contributed by atoms with Gasteiger partial charge in [-0.3, -0.25) is 9.69 Å². The molecule has 1 saturated heterocycles. The van der Waals surface area contributed by atoms with Crippen molar-refractivity contribution in [1.29, 1.82) is 0 Å². The molecule has 5 nitrogen and oxygen atoms in total. The Morgan fingerprint density at radius 1 is 1.38 bits per heavy atom. The lowest BCUT2D eigenvalue weighted by Gasteiger charge is -2.25. The summed E-state index contributed by atoms with van der Waals surface area (Å²) in [4.78, 5) is 21.1. The Kier molecular flexibility index (Phi) is 5.84. The molecule has 1 aliphatic heterocycles. The molecule has 0 saturated carbocycles. The molecule has 0 bridgehead atoms. The van der Waals surface area contributed by atoms with Crippen LogP contribution >= 0.6 is 22.9 Å². The normalized spacial score (nSPS) is 15.4. The average Bonchev–Trinajstić information content (AvgIpc) is 3.02. The van der Waals surface area contributed by atoms with Crippen molar-refractivity contribution in [2.75, 3.05) is 33.4 Å². The number of halogens is 1. The molecule has 1 fully saturated rings. The number of thiazole rings is 1. The van der Waals surface area contributed by atoms with E-state index in [1.54, 1.807) is 35.4 Å². The third kappa shape index (κ3) is 4.33. The van der Waals surface area contributed by atoms with E-state index in [0.29, 0.717) is 17.1 Å². The van der Waals surface area contributed by atoms with Gasteiger partial charge in [-0.2, -0.15) is 0 Å². The van der Waals surface area contributed by atoms with Crippen molar-refractivity contribution in [3.05, 3.63) is 50.9 Å². The lowest BCUT2D eigenvalue weighted by Crippen LogP contribution is -2.35. The van der Waals surface area contributed by atoms with Crippen LogP contribution in [0.3, 0.4) is 0 Å². The van der Waals surface area contributed by atoms with Crippen LogP contribution < -0.4 is 0 Å². The minimum absolute atomic E-state index is 0.0941. The van der Waals surface area contributed by atoms with Crippen molar-refractivity contribution in [2.45, 2.75) is 13.1 Å². The van der Waals surface area contributed by atoms with E-state index in [4.69, 9.17) is 16.3 Å². The third-order valence-electron chi connectivity index (χ3n) is 3.91. The van der Waals surface area contributed by atoms with E-state index in [2.05, 4.69) is 9.88 Å². The van der Waals surface area contributed by atoms with Crippen LogP contribution in [-0.2, 0) is 17.8 Å². The van der Waals surface area contributed by atoms with Crippen molar-refractivity contribution in [2.24, 2.45) is 0 Å². The zero-order valence-electron chi connectivity index (χ0n) is 13.6. The van der Waals surface area contributed by atoms with Crippen LogP contribution in [-0.4, -0.2) is 54.0 Å². The highest BCUT2D eigenvalue weighted by Gasteiger charge is 2.17. The van der Waals surface area contributed by atoms with Crippen molar-refractivity contribution < 1.29 is 9.53 Å². The van der Waals surface area contributed by atoms with E-state index < -0.39 is 0 Å². The molecule has 1 aromatic heterocycles. The number of carbonyl (C=O) groups is 1. The molecule has 0 spiro atoms. The van der Waals surface area contributed by atoms with Gasteiger partial charge in [0.25, 0.3) is 5.91 Å². The molecule has 1 aromatic carbocycles. The van der Waals surface area contributed by atoms with Gasteiger partial charge in [0.1, 0.15) is 5.01 Å². The molecule has 0 unspecified atom stereocenters. The van der Waals surface area contributed by atoms with Crippen molar-refractivity contribution in [3.8, 4) is 0 Å². The summed E-state index contributed by atoms with van der Waals surface area (Å²) in [5, 5.41) is 3.57. The first kappa shape index (κ1) is 17.4. The van der Waals surface area contributed by atoms with E-state index in [1.165, 1.54) is 0 Å². The Morgan fingerprint density at radius 3 is 2.88 bits per heavy atom. The average molecular weight is 366 g/mol. The van der Waals surface area contributed by atoms with Gasteiger partial charge in [0.2, 0.25) is 0 Å². The quantitative estimate of drug-likeness (QED) is 0.817. The molecule has 1 amide bonds. The zero-order valence-corrected chi connectivity index (χ0v) is 15.1. The van der Waals surface area contributed by atoms with Crippen LogP contribution in [0.4, 0.5) is 0 Å². The molecule has 0 atom stereocenters. The number of nitrogens with zero attached hydrogens (tertiary/aromatic N) is 3. The van der Waals surface area contributed by atoms with Gasteiger partial charge in [0, 0.05) is 25.5 Å². The van der Waals surface area contributed by atoms with E-state index in [-0.39, 0.29) is 5.91 Å². The van der Waals surface area contributed by atoms with Crippen LogP contribution in [0.15, 0.2) is 29.6 Å². The molecular weight excluding hydrogens is 346 g/mol. The number of hydrogen-bond donors (Lipinski definition) is 0. The summed E-state index contributed by atoms with van der Waals surface area (Å²) in [5.74, 6) is -0.0941. The van der Waals surface area contributed by atoms with Gasteiger partial charge in [-0.05, 0) is 12.1 Å². The molecule has 1 aliphatic rings. The molecule has 0 aliphatic carbocycles. The number of amides is 1. The molecule has 24 heavy (non-hydrogen) atoms. The number of rotatable bonds is 5. The summed E-state index contributed by atoms with van der Waals surface area (Å²) in [6.45, 7) is 4.78. The maximum absolute atomic E-state index is 12.5. The van der Waals surface area contributed by atoms with Crippen LogP contribution in [0.1, 0.15) is 21.1 Å². The van der Waals surface area contributed by atoms with E-state index in [1.807, 2.05) is 17.5 Å². The summed E-state index contributed by atoms with van der Waals surface area (Å²) < 4.78 is 5.36. The van der Waals surface area contributed by atoms with Crippen LogP contribution in [0.5, 0.6) is 0 Å². The molecule has 0 radical (unpaired) electrons.